The Balaban J connectivity index is 1.30. The number of aliphatic hydroxyl groups excluding tert-OH is 1. The van der Waals surface area contributed by atoms with Gasteiger partial charge in [-0.3, -0.25) is 14.5 Å². The summed E-state index contributed by atoms with van der Waals surface area (Å²) in [5, 5.41) is 31.7. The van der Waals surface area contributed by atoms with Gasteiger partial charge in [-0.1, -0.05) is 67.8 Å². The van der Waals surface area contributed by atoms with Crippen LogP contribution < -0.4 is 0 Å². The number of aliphatic hydroxyl groups is 1. The number of para-hydroxylation sites is 1. The van der Waals surface area contributed by atoms with Crippen molar-refractivity contribution in [2.75, 3.05) is 6.61 Å². The lowest BCUT2D eigenvalue weighted by atomic mass is 9.58. The van der Waals surface area contributed by atoms with Crippen LogP contribution in [0.4, 0.5) is 0 Å². The zero-order valence-corrected chi connectivity index (χ0v) is 23.3. The molecule has 4 atom stereocenters. The molecule has 2 aromatic carbocycles. The lowest BCUT2D eigenvalue weighted by Gasteiger charge is -2.43. The summed E-state index contributed by atoms with van der Waals surface area (Å²) in [7, 11) is -1.05. The van der Waals surface area contributed by atoms with Gasteiger partial charge < -0.3 is 19.9 Å². The van der Waals surface area contributed by atoms with Gasteiger partial charge in [0.05, 0.1) is 24.5 Å². The Morgan fingerprint density at radius 2 is 1.71 bits per heavy atom. The summed E-state index contributed by atoms with van der Waals surface area (Å²) in [6.45, 7) is -0.199. The van der Waals surface area contributed by atoms with E-state index in [0.717, 1.165) is 54.4 Å². The summed E-state index contributed by atoms with van der Waals surface area (Å²) < 4.78 is 6.10. The highest BCUT2D eigenvalue weighted by molar-refractivity contribution is 6.43. The molecule has 0 bridgehead atoms. The molecule has 0 radical (unpaired) electrons. The molecule has 0 aromatic heterocycles. The van der Waals surface area contributed by atoms with Gasteiger partial charge in [0.15, 0.2) is 0 Å². The van der Waals surface area contributed by atoms with E-state index in [4.69, 9.17) is 4.65 Å². The fourth-order valence-electron chi connectivity index (χ4n) is 7.67. The van der Waals surface area contributed by atoms with Gasteiger partial charge in [0.1, 0.15) is 5.75 Å². The molecule has 1 saturated carbocycles. The maximum Gasteiger partial charge on any atom is 0.455 e. The third-order valence-electron chi connectivity index (χ3n) is 9.56. The Labute approximate surface area is 241 Å². The fourth-order valence-corrected chi connectivity index (χ4v) is 7.67. The summed E-state index contributed by atoms with van der Waals surface area (Å²) in [6.07, 6.45) is 8.09. The number of hydrogen-bond acceptors (Lipinski definition) is 6. The van der Waals surface area contributed by atoms with Crippen LogP contribution in [0.5, 0.6) is 5.75 Å². The summed E-state index contributed by atoms with van der Waals surface area (Å²) in [6, 6.07) is 17.1. The molecule has 3 N–H and O–H groups in total. The fraction of sp³-hybridized carbons (Fsp3) is 0.455. The maximum absolute atomic E-state index is 13.9. The molecule has 0 spiro atoms. The molecule has 2 amide bonds. The first-order valence-electron chi connectivity index (χ1n) is 15.0. The predicted molar refractivity (Wildman–Crippen MR) is 157 cm³/mol. The number of phenolic OH excluding ortho intramolecular Hbond substituents is 1. The van der Waals surface area contributed by atoms with Crippen LogP contribution in [0.3, 0.4) is 0 Å². The summed E-state index contributed by atoms with van der Waals surface area (Å²) in [5.74, 6) is -1.35. The van der Waals surface area contributed by atoms with Gasteiger partial charge >= 0.3 is 7.12 Å². The van der Waals surface area contributed by atoms with Crippen molar-refractivity contribution < 1.29 is 29.5 Å². The molecule has 214 valence electrons. The Bertz CT molecular complexity index is 1350. The van der Waals surface area contributed by atoms with Gasteiger partial charge in [0.2, 0.25) is 11.8 Å². The molecule has 4 aliphatic rings. The monoisotopic (exact) mass is 555 g/mol. The van der Waals surface area contributed by atoms with Crippen LogP contribution in [0.15, 0.2) is 65.7 Å². The number of hydrogen-bond donors (Lipinski definition) is 3. The highest BCUT2D eigenvalue weighted by atomic mass is 16.5. The second-order valence-corrected chi connectivity index (χ2v) is 11.9. The van der Waals surface area contributed by atoms with E-state index in [1.54, 1.807) is 17.0 Å². The van der Waals surface area contributed by atoms with Gasteiger partial charge in [-0.15, -0.1) is 0 Å². The third-order valence-corrected chi connectivity index (χ3v) is 9.56. The number of allylic oxidation sites excluding steroid dienone is 1. The predicted octanol–water partition coefficient (Wildman–Crippen LogP) is 4.84. The van der Waals surface area contributed by atoms with Crippen LogP contribution in [0.2, 0.25) is 6.32 Å². The van der Waals surface area contributed by atoms with Crippen LogP contribution in [0, 0.1) is 17.8 Å². The van der Waals surface area contributed by atoms with Crippen molar-refractivity contribution in [1.29, 1.82) is 0 Å². The molecule has 6 rings (SSSR count). The SMILES string of the molecule is O=C1[C@@H]2[C@@H](CC(CO)=C3[C@@H](CC/C(=C/c4ccccc4O)c4ccccc4)OB(O)C[C@@H]32)C(=O)N1C1CCCCC1. The van der Waals surface area contributed by atoms with Gasteiger partial charge in [-0.25, -0.2) is 0 Å². The van der Waals surface area contributed by atoms with Crippen LogP contribution >= 0.6 is 0 Å². The van der Waals surface area contributed by atoms with E-state index >= 15 is 0 Å². The van der Waals surface area contributed by atoms with Gasteiger partial charge in [-0.05, 0) is 78.8 Å². The summed E-state index contributed by atoms with van der Waals surface area (Å²) in [4.78, 5) is 29.0. The normalized spacial score (nSPS) is 27.3. The number of rotatable bonds is 7. The van der Waals surface area contributed by atoms with E-state index < -0.39 is 25.1 Å². The molecule has 2 aliphatic carbocycles. The van der Waals surface area contributed by atoms with Crippen LogP contribution in [0.1, 0.15) is 62.5 Å². The van der Waals surface area contributed by atoms with Crippen molar-refractivity contribution in [2.24, 2.45) is 17.8 Å². The molecule has 2 heterocycles. The standard InChI is InChI=1S/C33H38BNO6/c36-20-24-18-26-31(33(39)35(32(26)38)25-12-5-2-6-13-25)27-19-34(40)41-29(30(24)27)16-15-22(21-9-3-1-4-10-21)17-23-11-7-8-14-28(23)37/h1,3-4,7-11,14,17,25-27,29,31,36-37,40H,2,5-6,12-13,15-16,18-20H2/b22-17-/t26-,27+,29-,31-/m1/s1. The number of amides is 2. The van der Waals surface area contributed by atoms with Crippen molar-refractivity contribution in [2.45, 2.75) is 69.8 Å². The lowest BCUT2D eigenvalue weighted by Crippen LogP contribution is -2.47. The minimum absolute atomic E-state index is 0.0380. The zero-order valence-electron chi connectivity index (χ0n) is 23.3. The number of carbonyl (C=O) groups excluding carboxylic acids is 2. The first-order chi connectivity index (χ1) is 20.0. The smallest absolute Gasteiger partial charge is 0.455 e. The van der Waals surface area contributed by atoms with E-state index in [0.29, 0.717) is 24.8 Å². The van der Waals surface area contributed by atoms with E-state index in [2.05, 4.69) is 0 Å². The number of likely N-dealkylation sites (tertiary alicyclic amines) is 1. The molecule has 2 saturated heterocycles. The minimum Gasteiger partial charge on any atom is -0.507 e. The average molecular weight is 555 g/mol. The maximum atomic E-state index is 13.9. The molecule has 8 heteroatoms. The number of carbonyl (C=O) groups is 2. The Hall–Kier alpha value is -3.20. The van der Waals surface area contributed by atoms with E-state index in [-0.39, 0.29) is 42.5 Å². The average Bonchev–Trinajstić information content (AvgIpc) is 3.25. The molecule has 41 heavy (non-hydrogen) atoms. The molecule has 0 unspecified atom stereocenters. The topological polar surface area (TPSA) is 107 Å². The zero-order chi connectivity index (χ0) is 28.5. The first-order valence-corrected chi connectivity index (χ1v) is 15.0. The second-order valence-electron chi connectivity index (χ2n) is 11.9. The number of aromatic hydroxyl groups is 1. The van der Waals surface area contributed by atoms with Crippen molar-refractivity contribution in [1.82, 2.24) is 4.90 Å². The number of imide groups is 1. The van der Waals surface area contributed by atoms with Crippen molar-refractivity contribution in [3.05, 3.63) is 76.9 Å². The van der Waals surface area contributed by atoms with E-state index in [1.807, 2.05) is 48.5 Å². The summed E-state index contributed by atoms with van der Waals surface area (Å²) >= 11 is 0. The first kappa shape index (κ1) is 27.9. The van der Waals surface area contributed by atoms with Crippen LogP contribution in [-0.2, 0) is 14.2 Å². The minimum atomic E-state index is -1.05. The molecule has 2 aliphatic heterocycles. The Morgan fingerprint density at radius 1 is 0.976 bits per heavy atom. The third kappa shape index (κ3) is 5.41. The molecule has 3 fully saturated rings. The van der Waals surface area contributed by atoms with Crippen molar-refractivity contribution in [3.63, 3.8) is 0 Å². The molecular weight excluding hydrogens is 517 g/mol. The number of benzene rings is 2. The Kier molecular flexibility index (Phi) is 8.15. The quantitative estimate of drug-likeness (QED) is 0.196. The lowest BCUT2D eigenvalue weighted by molar-refractivity contribution is -0.143. The molecular formula is C33H38BNO6. The Morgan fingerprint density at radius 3 is 2.44 bits per heavy atom. The van der Waals surface area contributed by atoms with Crippen LogP contribution in [-0.4, -0.2) is 57.8 Å². The second kappa shape index (κ2) is 12.0. The molecule has 7 nitrogen and oxygen atoms in total. The highest BCUT2D eigenvalue weighted by Crippen LogP contribution is 2.51. The van der Waals surface area contributed by atoms with Gasteiger partial charge in [0, 0.05) is 11.6 Å². The van der Waals surface area contributed by atoms with Crippen molar-refractivity contribution >= 4 is 30.6 Å². The van der Waals surface area contributed by atoms with Gasteiger partial charge in [0.25, 0.3) is 0 Å². The number of fused-ring (bicyclic) bond motifs is 3. The summed E-state index contributed by atoms with van der Waals surface area (Å²) in [5.41, 5.74) is 4.39. The highest BCUT2D eigenvalue weighted by Gasteiger charge is 2.58. The van der Waals surface area contributed by atoms with Gasteiger partial charge in [-0.2, -0.15) is 0 Å². The van der Waals surface area contributed by atoms with Crippen LogP contribution in [0.25, 0.3) is 11.6 Å². The largest absolute Gasteiger partial charge is 0.507 e. The molecule has 2 aromatic rings. The van der Waals surface area contributed by atoms with E-state index in [9.17, 15) is 24.8 Å². The van der Waals surface area contributed by atoms with E-state index in [1.165, 1.54) is 0 Å². The van der Waals surface area contributed by atoms with Crippen molar-refractivity contribution in [3.8, 4) is 5.75 Å². The number of nitrogens with zero attached hydrogens (tertiary/aromatic N) is 1. The number of phenols is 1.